The van der Waals surface area contributed by atoms with Crippen molar-refractivity contribution in [3.63, 3.8) is 0 Å². The van der Waals surface area contributed by atoms with Gasteiger partial charge in [-0.05, 0) is 12.1 Å². The van der Waals surface area contributed by atoms with Crippen molar-refractivity contribution in [2.75, 3.05) is 17.6 Å². The molecule has 0 aliphatic heterocycles. The third-order valence-corrected chi connectivity index (χ3v) is 4.33. The molecule has 3 rings (SSSR count). The van der Waals surface area contributed by atoms with Gasteiger partial charge in [0.15, 0.2) is 5.78 Å². The van der Waals surface area contributed by atoms with Crippen LogP contribution in [0, 0.1) is 0 Å². The molecule has 0 saturated carbocycles. The van der Waals surface area contributed by atoms with E-state index < -0.39 is 0 Å². The quantitative estimate of drug-likeness (QED) is 0.673. The maximum absolute atomic E-state index is 11.5. The van der Waals surface area contributed by atoms with E-state index in [0.717, 1.165) is 26.5 Å². The van der Waals surface area contributed by atoms with E-state index in [1.807, 2.05) is 19.1 Å². The van der Waals surface area contributed by atoms with Crippen molar-refractivity contribution in [2.24, 2.45) is 0 Å². The highest BCUT2D eigenvalue weighted by Crippen LogP contribution is 2.36. The molecule has 3 aromatic rings. The zero-order valence-electron chi connectivity index (χ0n) is 11.5. The monoisotopic (exact) mass is 301 g/mol. The Morgan fingerprint density at radius 3 is 3.05 bits per heavy atom. The summed E-state index contributed by atoms with van der Waals surface area (Å²) in [6, 6.07) is 5.64. The maximum Gasteiger partial charge on any atom is 0.151 e. The summed E-state index contributed by atoms with van der Waals surface area (Å²) in [5.41, 5.74) is 8.44. The summed E-state index contributed by atoms with van der Waals surface area (Å²) < 4.78 is 0.984. The summed E-state index contributed by atoms with van der Waals surface area (Å²) in [7, 11) is 0. The molecule has 3 aromatic heterocycles. The number of carbonyl (C=O) groups is 1. The van der Waals surface area contributed by atoms with Gasteiger partial charge in [0.05, 0.1) is 33.0 Å². The number of anilines is 2. The van der Waals surface area contributed by atoms with Crippen LogP contribution < -0.4 is 11.1 Å². The molecule has 0 aliphatic carbocycles. The number of nitrogen functional groups attached to an aromatic ring is 1. The molecule has 0 aromatic carbocycles. The number of nitrogens with one attached hydrogen (secondary N) is 2. The van der Waals surface area contributed by atoms with Gasteiger partial charge in [0.25, 0.3) is 0 Å². The fourth-order valence-electron chi connectivity index (χ4n) is 2.02. The molecule has 3 heterocycles. The van der Waals surface area contributed by atoms with E-state index in [9.17, 15) is 4.79 Å². The van der Waals surface area contributed by atoms with Crippen LogP contribution in [-0.4, -0.2) is 27.5 Å². The van der Waals surface area contributed by atoms with Crippen LogP contribution in [0.2, 0.25) is 0 Å². The highest BCUT2D eigenvalue weighted by atomic mass is 32.1. The third-order valence-electron chi connectivity index (χ3n) is 3.14. The zero-order chi connectivity index (χ0) is 14.8. The molecule has 108 valence electrons. The van der Waals surface area contributed by atoms with Gasteiger partial charge in [-0.1, -0.05) is 6.92 Å². The lowest BCUT2D eigenvalue weighted by molar-refractivity contribution is -0.117. The number of pyridine rings is 1. The van der Waals surface area contributed by atoms with Crippen molar-refractivity contribution in [3.05, 3.63) is 24.4 Å². The first kappa shape index (κ1) is 13.6. The fraction of sp³-hybridized carbons (Fsp3) is 0.214. The number of fused-ring (bicyclic) bond motifs is 1. The van der Waals surface area contributed by atoms with Gasteiger partial charge < -0.3 is 11.1 Å². The Morgan fingerprint density at radius 1 is 1.48 bits per heavy atom. The molecule has 6 nitrogen and oxygen atoms in total. The van der Waals surface area contributed by atoms with Gasteiger partial charge >= 0.3 is 0 Å². The minimum absolute atomic E-state index is 0.156. The van der Waals surface area contributed by atoms with Crippen LogP contribution in [0.25, 0.3) is 20.8 Å². The minimum atomic E-state index is 0.156. The number of hydrogen-bond donors (Lipinski definition) is 3. The molecule has 21 heavy (non-hydrogen) atoms. The van der Waals surface area contributed by atoms with Crippen molar-refractivity contribution in [2.45, 2.75) is 13.3 Å². The van der Waals surface area contributed by atoms with Crippen LogP contribution in [0.1, 0.15) is 13.3 Å². The van der Waals surface area contributed by atoms with Crippen LogP contribution in [0.4, 0.5) is 11.5 Å². The van der Waals surface area contributed by atoms with Crippen LogP contribution in [-0.2, 0) is 4.79 Å². The molecule has 4 N–H and O–H groups in total. The summed E-state index contributed by atoms with van der Waals surface area (Å²) in [5.74, 6) is 0.590. The molecule has 0 aliphatic rings. The van der Waals surface area contributed by atoms with Gasteiger partial charge in [-0.25, -0.2) is 4.98 Å². The van der Waals surface area contributed by atoms with E-state index in [4.69, 9.17) is 5.73 Å². The van der Waals surface area contributed by atoms with E-state index in [-0.39, 0.29) is 5.78 Å². The molecule has 0 atom stereocenters. The lowest BCUT2D eigenvalue weighted by Gasteiger charge is -2.06. The van der Waals surface area contributed by atoms with E-state index in [0.29, 0.717) is 18.8 Å². The standard InChI is InChI=1S/C14H15N5OS/c1-2-8(20)7-16-10-6-13(15)18-11-5-12(21-14(10)11)9-3-4-17-19-9/h3-6H,2,7H2,1H3,(H,17,19)(H3,15,16,18). The molecule has 0 unspecified atom stereocenters. The smallest absolute Gasteiger partial charge is 0.151 e. The van der Waals surface area contributed by atoms with Crippen LogP contribution >= 0.6 is 11.3 Å². The Bertz CT molecular complexity index is 778. The number of ketones is 1. The zero-order valence-corrected chi connectivity index (χ0v) is 12.3. The second-order valence-electron chi connectivity index (χ2n) is 4.64. The Labute approximate surface area is 125 Å². The lowest BCUT2D eigenvalue weighted by Crippen LogP contribution is -2.12. The number of thiophene rings is 1. The number of hydrogen-bond acceptors (Lipinski definition) is 6. The lowest BCUT2D eigenvalue weighted by atomic mass is 10.2. The van der Waals surface area contributed by atoms with E-state index >= 15 is 0 Å². The summed E-state index contributed by atoms with van der Waals surface area (Å²) in [6.45, 7) is 2.15. The first-order chi connectivity index (χ1) is 10.2. The first-order valence-corrected chi connectivity index (χ1v) is 7.44. The summed E-state index contributed by atoms with van der Waals surface area (Å²) in [4.78, 5) is 16.9. The van der Waals surface area contributed by atoms with Gasteiger partial charge in [-0.15, -0.1) is 11.3 Å². The third kappa shape index (κ3) is 2.73. The summed E-state index contributed by atoms with van der Waals surface area (Å²) in [6.07, 6.45) is 2.22. The van der Waals surface area contributed by atoms with Gasteiger partial charge in [0, 0.05) is 18.7 Å². The number of nitrogens with zero attached hydrogens (tertiary/aromatic N) is 2. The second kappa shape index (κ2) is 5.53. The highest BCUT2D eigenvalue weighted by Gasteiger charge is 2.12. The van der Waals surface area contributed by atoms with E-state index in [2.05, 4.69) is 20.5 Å². The van der Waals surface area contributed by atoms with Crippen LogP contribution in [0.5, 0.6) is 0 Å². The van der Waals surface area contributed by atoms with Gasteiger partial charge in [0.1, 0.15) is 5.82 Å². The largest absolute Gasteiger partial charge is 0.384 e. The van der Waals surface area contributed by atoms with Crippen molar-refractivity contribution >= 4 is 38.8 Å². The molecule has 0 spiro atoms. The maximum atomic E-state index is 11.5. The summed E-state index contributed by atoms with van der Waals surface area (Å²) in [5, 5.41) is 10.0. The molecule has 0 radical (unpaired) electrons. The first-order valence-electron chi connectivity index (χ1n) is 6.62. The van der Waals surface area contributed by atoms with E-state index in [1.54, 1.807) is 23.6 Å². The van der Waals surface area contributed by atoms with Crippen LogP contribution in [0.15, 0.2) is 24.4 Å². The van der Waals surface area contributed by atoms with Crippen molar-refractivity contribution in [1.29, 1.82) is 0 Å². The Balaban J connectivity index is 2.01. The van der Waals surface area contributed by atoms with E-state index in [1.165, 1.54) is 0 Å². The van der Waals surface area contributed by atoms with Crippen molar-refractivity contribution < 1.29 is 4.79 Å². The number of H-pyrrole nitrogens is 1. The average Bonchev–Trinajstić information content (AvgIpc) is 3.12. The number of nitrogens with two attached hydrogens (primary N) is 1. The van der Waals surface area contributed by atoms with Gasteiger partial charge in [0.2, 0.25) is 0 Å². The normalized spacial score (nSPS) is 10.9. The Hall–Kier alpha value is -2.41. The Morgan fingerprint density at radius 2 is 2.33 bits per heavy atom. The van der Waals surface area contributed by atoms with Crippen molar-refractivity contribution in [1.82, 2.24) is 15.2 Å². The van der Waals surface area contributed by atoms with Crippen LogP contribution in [0.3, 0.4) is 0 Å². The summed E-state index contributed by atoms with van der Waals surface area (Å²) >= 11 is 1.59. The van der Waals surface area contributed by atoms with Gasteiger partial charge in [-0.3, -0.25) is 9.89 Å². The average molecular weight is 301 g/mol. The SMILES string of the molecule is CCC(=O)CNc1cc(N)nc2cc(-c3ccn[nH]3)sc12. The number of aromatic nitrogens is 3. The minimum Gasteiger partial charge on any atom is -0.384 e. The Kier molecular flexibility index (Phi) is 3.57. The molecule has 0 saturated heterocycles. The van der Waals surface area contributed by atoms with Gasteiger partial charge in [-0.2, -0.15) is 5.10 Å². The molecule has 0 amide bonds. The molecule has 0 bridgehead atoms. The number of carbonyl (C=O) groups excluding carboxylic acids is 1. The molecular weight excluding hydrogens is 286 g/mol. The predicted molar refractivity (Wildman–Crippen MR) is 85.4 cm³/mol. The molecule has 7 heteroatoms. The predicted octanol–water partition coefficient (Wildman–Crippen LogP) is 2.66. The number of aromatic amines is 1. The highest BCUT2D eigenvalue weighted by molar-refractivity contribution is 7.22. The van der Waals surface area contributed by atoms with Crippen molar-refractivity contribution in [3.8, 4) is 10.6 Å². The number of Topliss-reactive ketones (excluding diaryl/α,β-unsaturated/α-hetero) is 1. The number of rotatable bonds is 5. The topological polar surface area (TPSA) is 96.7 Å². The fourth-order valence-corrected chi connectivity index (χ4v) is 3.08. The molecule has 0 fully saturated rings. The molecular formula is C14H15N5OS. The second-order valence-corrected chi connectivity index (χ2v) is 5.69.